The third kappa shape index (κ3) is 3.57. The van der Waals surface area contributed by atoms with Crippen LogP contribution < -0.4 is 15.4 Å². The van der Waals surface area contributed by atoms with Gasteiger partial charge in [0, 0.05) is 35.8 Å². The Hall–Kier alpha value is -1.52. The largest absolute Gasteiger partial charge is 0.497 e. The zero-order chi connectivity index (χ0) is 14.7. The normalized spacial score (nSPS) is 22.3. The number of methoxy groups -OCH3 is 1. The summed E-state index contributed by atoms with van der Waals surface area (Å²) in [5.41, 5.74) is 7.49. The first-order valence-corrected chi connectivity index (χ1v) is 8.29. The summed E-state index contributed by atoms with van der Waals surface area (Å²) >= 11 is 1.84. The second kappa shape index (κ2) is 6.50. The molecule has 2 aromatic rings. The van der Waals surface area contributed by atoms with E-state index in [2.05, 4.69) is 34.5 Å². The first-order valence-electron chi connectivity index (χ1n) is 7.41. The molecule has 2 heterocycles. The number of piperidine rings is 1. The lowest BCUT2D eigenvalue weighted by atomic mass is 9.91. The van der Waals surface area contributed by atoms with Gasteiger partial charge in [0.05, 0.1) is 7.11 Å². The van der Waals surface area contributed by atoms with Gasteiger partial charge < -0.3 is 15.4 Å². The molecule has 1 aromatic heterocycles. The number of nitrogens with zero attached hydrogens (tertiary/aromatic N) is 1. The summed E-state index contributed by atoms with van der Waals surface area (Å²) in [6.07, 6.45) is 2.24. The molecule has 0 radical (unpaired) electrons. The van der Waals surface area contributed by atoms with E-state index in [-0.39, 0.29) is 6.04 Å². The van der Waals surface area contributed by atoms with E-state index < -0.39 is 0 Å². The predicted octanol–water partition coefficient (Wildman–Crippen LogP) is 3.15. The van der Waals surface area contributed by atoms with Gasteiger partial charge in [0.25, 0.3) is 0 Å². The molecule has 0 bridgehead atoms. The quantitative estimate of drug-likeness (QED) is 0.943. The number of ether oxygens (including phenoxy) is 1. The molecule has 2 unspecified atom stereocenters. The van der Waals surface area contributed by atoms with Crippen LogP contribution in [0.25, 0.3) is 0 Å². The van der Waals surface area contributed by atoms with Crippen LogP contribution in [-0.2, 0) is 6.42 Å². The average Bonchev–Trinajstić information content (AvgIpc) is 2.99. The molecular weight excluding hydrogens is 280 g/mol. The lowest BCUT2D eigenvalue weighted by Crippen LogP contribution is -2.47. The number of hydrogen-bond acceptors (Lipinski definition) is 4. The second-order valence-corrected chi connectivity index (χ2v) is 6.78. The molecule has 112 valence electrons. The van der Waals surface area contributed by atoms with Crippen LogP contribution in [0.4, 0.5) is 5.69 Å². The molecule has 1 saturated heterocycles. The van der Waals surface area contributed by atoms with Gasteiger partial charge in [0.15, 0.2) is 0 Å². The minimum atomic E-state index is 0.245. The highest BCUT2D eigenvalue weighted by molar-refractivity contribution is 7.09. The van der Waals surface area contributed by atoms with Gasteiger partial charge in [-0.1, -0.05) is 12.1 Å². The maximum absolute atomic E-state index is 6.28. The molecule has 2 N–H and O–H groups in total. The Morgan fingerprint density at radius 3 is 2.95 bits per heavy atom. The van der Waals surface area contributed by atoms with Crippen molar-refractivity contribution in [3.05, 3.63) is 46.7 Å². The van der Waals surface area contributed by atoms with Crippen molar-refractivity contribution in [2.45, 2.75) is 18.9 Å². The van der Waals surface area contributed by atoms with Crippen LogP contribution in [0.3, 0.4) is 0 Å². The van der Waals surface area contributed by atoms with Gasteiger partial charge in [-0.25, -0.2) is 0 Å². The van der Waals surface area contributed by atoms with Crippen molar-refractivity contribution in [2.75, 3.05) is 25.1 Å². The molecule has 2 atom stereocenters. The van der Waals surface area contributed by atoms with Gasteiger partial charge in [0.2, 0.25) is 0 Å². The first-order chi connectivity index (χ1) is 10.2. The SMILES string of the molecule is COc1cccc(N2CC(N)CC(Cc3cccs3)C2)c1. The van der Waals surface area contributed by atoms with Crippen LogP contribution in [0, 0.1) is 5.92 Å². The second-order valence-electron chi connectivity index (χ2n) is 5.75. The van der Waals surface area contributed by atoms with Crippen molar-refractivity contribution < 1.29 is 4.74 Å². The van der Waals surface area contributed by atoms with Gasteiger partial charge in [-0.3, -0.25) is 0 Å². The molecule has 3 nitrogen and oxygen atoms in total. The molecule has 21 heavy (non-hydrogen) atoms. The van der Waals surface area contributed by atoms with Gasteiger partial charge in [0.1, 0.15) is 5.75 Å². The lowest BCUT2D eigenvalue weighted by Gasteiger charge is -2.38. The Balaban J connectivity index is 1.73. The Labute approximate surface area is 130 Å². The highest BCUT2D eigenvalue weighted by Crippen LogP contribution is 2.28. The Morgan fingerprint density at radius 1 is 1.29 bits per heavy atom. The molecule has 1 aromatic carbocycles. The third-order valence-corrected chi connectivity index (χ3v) is 4.96. The van der Waals surface area contributed by atoms with Gasteiger partial charge in [-0.2, -0.15) is 0 Å². The van der Waals surface area contributed by atoms with Crippen LogP contribution in [0.15, 0.2) is 41.8 Å². The topological polar surface area (TPSA) is 38.5 Å². The van der Waals surface area contributed by atoms with Gasteiger partial charge >= 0.3 is 0 Å². The predicted molar refractivity (Wildman–Crippen MR) is 89.3 cm³/mol. The van der Waals surface area contributed by atoms with Gasteiger partial charge in [-0.05, 0) is 42.3 Å². The molecule has 3 rings (SSSR count). The highest BCUT2D eigenvalue weighted by atomic mass is 32.1. The van der Waals surface area contributed by atoms with E-state index in [1.807, 2.05) is 23.5 Å². The summed E-state index contributed by atoms with van der Waals surface area (Å²) < 4.78 is 5.33. The fourth-order valence-electron chi connectivity index (χ4n) is 3.13. The van der Waals surface area contributed by atoms with Crippen LogP contribution >= 0.6 is 11.3 Å². The summed E-state index contributed by atoms with van der Waals surface area (Å²) in [5.74, 6) is 1.53. The highest BCUT2D eigenvalue weighted by Gasteiger charge is 2.25. The monoisotopic (exact) mass is 302 g/mol. The fraction of sp³-hybridized carbons (Fsp3) is 0.412. The van der Waals surface area contributed by atoms with Crippen LogP contribution in [0.2, 0.25) is 0 Å². The van der Waals surface area contributed by atoms with E-state index >= 15 is 0 Å². The molecule has 0 amide bonds. The Kier molecular flexibility index (Phi) is 4.46. The Morgan fingerprint density at radius 2 is 2.19 bits per heavy atom. The van der Waals surface area contributed by atoms with Gasteiger partial charge in [-0.15, -0.1) is 11.3 Å². The summed E-state index contributed by atoms with van der Waals surface area (Å²) in [7, 11) is 1.71. The van der Waals surface area contributed by atoms with Crippen molar-refractivity contribution >= 4 is 17.0 Å². The number of hydrogen-bond donors (Lipinski definition) is 1. The number of rotatable bonds is 4. The minimum Gasteiger partial charge on any atom is -0.497 e. The third-order valence-electron chi connectivity index (χ3n) is 4.06. The number of anilines is 1. The zero-order valence-corrected chi connectivity index (χ0v) is 13.2. The lowest BCUT2D eigenvalue weighted by molar-refractivity contribution is 0.375. The molecule has 1 aliphatic heterocycles. The van der Waals surface area contributed by atoms with Crippen molar-refractivity contribution in [1.29, 1.82) is 0 Å². The maximum Gasteiger partial charge on any atom is 0.120 e. The van der Waals surface area contributed by atoms with Crippen LogP contribution in [0.5, 0.6) is 5.75 Å². The van der Waals surface area contributed by atoms with Crippen LogP contribution in [-0.4, -0.2) is 26.2 Å². The van der Waals surface area contributed by atoms with Crippen molar-refractivity contribution in [3.63, 3.8) is 0 Å². The van der Waals surface area contributed by atoms with Crippen molar-refractivity contribution in [2.24, 2.45) is 11.7 Å². The Bertz CT molecular complexity index is 570. The summed E-state index contributed by atoms with van der Waals surface area (Å²) in [6.45, 7) is 1.99. The number of nitrogens with two attached hydrogens (primary N) is 1. The summed E-state index contributed by atoms with van der Waals surface area (Å²) in [4.78, 5) is 3.86. The van der Waals surface area contributed by atoms with E-state index in [0.717, 1.165) is 31.7 Å². The molecule has 1 aliphatic rings. The van der Waals surface area contributed by atoms with Crippen LogP contribution in [0.1, 0.15) is 11.3 Å². The van der Waals surface area contributed by atoms with Crippen molar-refractivity contribution in [3.8, 4) is 5.75 Å². The maximum atomic E-state index is 6.28. The zero-order valence-electron chi connectivity index (χ0n) is 12.4. The van der Waals surface area contributed by atoms with E-state index in [1.54, 1.807) is 7.11 Å². The number of benzene rings is 1. The average molecular weight is 302 g/mol. The minimum absolute atomic E-state index is 0.245. The fourth-order valence-corrected chi connectivity index (χ4v) is 3.95. The molecule has 0 saturated carbocycles. The number of thiophene rings is 1. The molecule has 0 aliphatic carbocycles. The smallest absolute Gasteiger partial charge is 0.120 e. The van der Waals surface area contributed by atoms with E-state index in [0.29, 0.717) is 5.92 Å². The molecule has 1 fully saturated rings. The molecular formula is C17H22N2OS. The van der Waals surface area contributed by atoms with E-state index in [9.17, 15) is 0 Å². The van der Waals surface area contributed by atoms with E-state index in [1.165, 1.54) is 10.6 Å². The summed E-state index contributed by atoms with van der Waals surface area (Å²) in [5, 5.41) is 2.15. The molecule has 0 spiro atoms. The molecule has 4 heteroatoms. The van der Waals surface area contributed by atoms with E-state index in [4.69, 9.17) is 10.5 Å². The summed E-state index contributed by atoms with van der Waals surface area (Å²) in [6, 6.07) is 12.9. The van der Waals surface area contributed by atoms with Crippen molar-refractivity contribution in [1.82, 2.24) is 0 Å². The first kappa shape index (κ1) is 14.4. The standard InChI is InChI=1S/C17H22N2OS/c1-20-16-5-2-4-15(10-16)19-11-13(8-14(18)12-19)9-17-6-3-7-21-17/h2-7,10,13-14H,8-9,11-12,18H2,1H3.